The number of ether oxygens (including phenoxy) is 1. The Morgan fingerprint density at radius 3 is 2.38 bits per heavy atom. The number of nitrogens with zero attached hydrogens (tertiary/aromatic N) is 2. The molecular weight excluding hydrogens is 328 g/mol. The fraction of sp³-hybridized carbons (Fsp3) is 0.412. The van der Waals surface area contributed by atoms with Gasteiger partial charge in [-0.2, -0.15) is 5.10 Å². The van der Waals surface area contributed by atoms with Crippen LogP contribution in [0.25, 0.3) is 0 Å². The van der Waals surface area contributed by atoms with E-state index < -0.39 is 9.84 Å². The first kappa shape index (κ1) is 18.2. The van der Waals surface area contributed by atoms with Gasteiger partial charge < -0.3 is 4.74 Å². The molecule has 1 aromatic carbocycles. The van der Waals surface area contributed by atoms with Crippen LogP contribution in [-0.4, -0.2) is 36.8 Å². The summed E-state index contributed by atoms with van der Waals surface area (Å²) in [5, 5.41) is 4.09. The molecule has 2 rings (SSSR count). The van der Waals surface area contributed by atoms with Crippen LogP contribution in [0.3, 0.4) is 0 Å². The van der Waals surface area contributed by atoms with Gasteiger partial charge >= 0.3 is 0 Å². The highest BCUT2D eigenvalue weighted by Crippen LogP contribution is 2.29. The molecule has 0 N–H and O–H groups in total. The van der Waals surface area contributed by atoms with Crippen LogP contribution in [0.2, 0.25) is 0 Å². The molecule has 24 heavy (non-hydrogen) atoms. The molecule has 0 bridgehead atoms. The Kier molecular flexibility index (Phi) is 4.85. The van der Waals surface area contributed by atoms with Gasteiger partial charge in [0.05, 0.1) is 17.7 Å². The zero-order chi connectivity index (χ0) is 18.2. The summed E-state index contributed by atoms with van der Waals surface area (Å²) in [5.41, 5.74) is 2.64. The summed E-state index contributed by atoms with van der Waals surface area (Å²) < 4.78 is 31.0. The third-order valence-electron chi connectivity index (χ3n) is 4.05. The predicted molar refractivity (Wildman–Crippen MR) is 91.6 cm³/mol. The van der Waals surface area contributed by atoms with Crippen molar-refractivity contribution >= 4 is 15.6 Å². The normalized spacial score (nSPS) is 11.6. The second-order valence-electron chi connectivity index (χ2n) is 5.84. The number of carbonyl (C=O) groups is 1. The lowest BCUT2D eigenvalue weighted by Gasteiger charge is -2.15. The highest BCUT2D eigenvalue weighted by molar-refractivity contribution is 7.90. The number of ketones is 1. The molecule has 0 saturated heterocycles. The van der Waals surface area contributed by atoms with E-state index in [1.165, 1.54) is 17.1 Å². The van der Waals surface area contributed by atoms with Crippen molar-refractivity contribution in [2.75, 3.05) is 12.9 Å². The van der Waals surface area contributed by atoms with E-state index in [1.54, 1.807) is 33.9 Å². The van der Waals surface area contributed by atoms with Crippen molar-refractivity contribution in [2.24, 2.45) is 7.05 Å². The molecule has 0 radical (unpaired) electrons. The molecule has 0 atom stereocenters. The molecule has 0 fully saturated rings. The van der Waals surface area contributed by atoms with Gasteiger partial charge in [0.2, 0.25) is 5.88 Å². The second-order valence-corrected chi connectivity index (χ2v) is 7.79. The van der Waals surface area contributed by atoms with Crippen molar-refractivity contribution in [3.63, 3.8) is 0 Å². The van der Waals surface area contributed by atoms with Gasteiger partial charge in [0, 0.05) is 18.9 Å². The topological polar surface area (TPSA) is 78.3 Å². The molecular formula is C17H22N2O4S. The molecule has 0 saturated carbocycles. The Balaban J connectivity index is 2.65. The SMILES string of the molecule is CCOc1c(C(=O)c2cc(C)c(S(C)(=O)=O)c(C)c2C)cnn1C. The monoisotopic (exact) mass is 350 g/mol. The molecule has 7 heteroatoms. The van der Waals surface area contributed by atoms with Gasteiger partial charge in [0.1, 0.15) is 5.56 Å². The maximum atomic E-state index is 13.0. The van der Waals surface area contributed by atoms with Crippen LogP contribution in [0, 0.1) is 20.8 Å². The molecule has 0 unspecified atom stereocenters. The average Bonchev–Trinajstić information content (AvgIpc) is 2.83. The summed E-state index contributed by atoms with van der Waals surface area (Å²) in [4.78, 5) is 13.2. The number of hydrogen-bond acceptors (Lipinski definition) is 5. The Morgan fingerprint density at radius 1 is 1.21 bits per heavy atom. The second kappa shape index (κ2) is 6.39. The first-order valence-corrected chi connectivity index (χ1v) is 9.49. The third kappa shape index (κ3) is 3.08. The maximum absolute atomic E-state index is 13.0. The highest BCUT2D eigenvalue weighted by atomic mass is 32.2. The fourth-order valence-corrected chi connectivity index (χ4v) is 4.25. The summed E-state index contributed by atoms with van der Waals surface area (Å²) in [6, 6.07) is 1.63. The number of sulfone groups is 1. The number of hydrogen-bond donors (Lipinski definition) is 0. The molecule has 1 aromatic heterocycles. The molecule has 0 aliphatic carbocycles. The lowest BCUT2D eigenvalue weighted by Crippen LogP contribution is -2.12. The Labute approximate surface area is 142 Å². The van der Waals surface area contributed by atoms with Crippen molar-refractivity contribution in [1.29, 1.82) is 0 Å². The van der Waals surface area contributed by atoms with Crippen LogP contribution >= 0.6 is 0 Å². The largest absolute Gasteiger partial charge is 0.478 e. The summed E-state index contributed by atoms with van der Waals surface area (Å²) in [7, 11) is -1.65. The van der Waals surface area contributed by atoms with Gasteiger partial charge in [-0.1, -0.05) is 0 Å². The van der Waals surface area contributed by atoms with Gasteiger partial charge in [-0.15, -0.1) is 0 Å². The minimum Gasteiger partial charge on any atom is -0.478 e. The number of aryl methyl sites for hydroxylation is 2. The quantitative estimate of drug-likeness (QED) is 0.774. The minimum atomic E-state index is -3.36. The Bertz CT molecular complexity index is 911. The average molecular weight is 350 g/mol. The Morgan fingerprint density at radius 2 is 1.83 bits per heavy atom. The predicted octanol–water partition coefficient (Wildman–Crippen LogP) is 2.38. The van der Waals surface area contributed by atoms with Gasteiger partial charge in [0.15, 0.2) is 15.6 Å². The fourth-order valence-electron chi connectivity index (χ4n) is 2.90. The zero-order valence-electron chi connectivity index (χ0n) is 14.8. The van der Waals surface area contributed by atoms with Gasteiger partial charge in [-0.3, -0.25) is 4.79 Å². The molecule has 6 nitrogen and oxygen atoms in total. The Hall–Kier alpha value is -2.15. The molecule has 2 aromatic rings. The van der Waals surface area contributed by atoms with E-state index in [9.17, 15) is 13.2 Å². The van der Waals surface area contributed by atoms with E-state index >= 15 is 0 Å². The van der Waals surface area contributed by atoms with E-state index in [0.717, 1.165) is 0 Å². The number of carbonyl (C=O) groups excluding carboxylic acids is 1. The molecule has 130 valence electrons. The van der Waals surface area contributed by atoms with Crippen molar-refractivity contribution < 1.29 is 17.9 Å². The van der Waals surface area contributed by atoms with E-state index in [-0.39, 0.29) is 10.7 Å². The standard InChI is InChI=1S/C17H22N2O4S/c1-7-23-17-14(9-18-19(17)5)15(20)13-8-10(2)16(24(6,21)22)12(4)11(13)3/h8-9H,7H2,1-6H3. The highest BCUT2D eigenvalue weighted by Gasteiger charge is 2.25. The number of benzene rings is 1. The lowest BCUT2D eigenvalue weighted by molar-refractivity contribution is 0.103. The number of rotatable bonds is 5. The molecule has 0 amide bonds. The summed E-state index contributed by atoms with van der Waals surface area (Å²) in [6.45, 7) is 7.44. The van der Waals surface area contributed by atoms with Crippen LogP contribution in [0.4, 0.5) is 0 Å². The van der Waals surface area contributed by atoms with Crippen molar-refractivity contribution in [1.82, 2.24) is 9.78 Å². The molecule has 1 heterocycles. The minimum absolute atomic E-state index is 0.227. The first-order chi connectivity index (χ1) is 11.1. The van der Waals surface area contributed by atoms with Crippen LogP contribution < -0.4 is 4.74 Å². The van der Waals surface area contributed by atoms with Crippen LogP contribution in [0.15, 0.2) is 17.2 Å². The summed E-state index contributed by atoms with van der Waals surface area (Å²) >= 11 is 0. The van der Waals surface area contributed by atoms with E-state index in [0.29, 0.717) is 40.3 Å². The van der Waals surface area contributed by atoms with Crippen molar-refractivity contribution in [2.45, 2.75) is 32.6 Å². The van der Waals surface area contributed by atoms with E-state index in [2.05, 4.69) is 5.10 Å². The molecule has 0 spiro atoms. The molecule has 0 aliphatic heterocycles. The van der Waals surface area contributed by atoms with Crippen molar-refractivity contribution in [3.8, 4) is 5.88 Å². The maximum Gasteiger partial charge on any atom is 0.223 e. The molecule has 0 aliphatic rings. The van der Waals surface area contributed by atoms with Crippen LogP contribution in [0.5, 0.6) is 5.88 Å². The van der Waals surface area contributed by atoms with Gasteiger partial charge in [-0.05, 0) is 50.5 Å². The number of aromatic nitrogens is 2. The van der Waals surface area contributed by atoms with E-state index in [4.69, 9.17) is 4.74 Å². The van der Waals surface area contributed by atoms with Crippen molar-refractivity contribution in [3.05, 3.63) is 40.1 Å². The first-order valence-electron chi connectivity index (χ1n) is 7.59. The third-order valence-corrected chi connectivity index (χ3v) is 5.42. The van der Waals surface area contributed by atoms with Gasteiger partial charge in [-0.25, -0.2) is 13.1 Å². The smallest absolute Gasteiger partial charge is 0.223 e. The van der Waals surface area contributed by atoms with E-state index in [1.807, 2.05) is 6.92 Å². The summed E-state index contributed by atoms with van der Waals surface area (Å²) in [6.07, 6.45) is 2.65. The lowest BCUT2D eigenvalue weighted by atomic mass is 9.95. The zero-order valence-corrected chi connectivity index (χ0v) is 15.6. The van der Waals surface area contributed by atoms with Crippen LogP contribution in [0.1, 0.15) is 39.5 Å². The van der Waals surface area contributed by atoms with Crippen LogP contribution in [-0.2, 0) is 16.9 Å². The summed E-state index contributed by atoms with van der Waals surface area (Å²) in [5.74, 6) is 0.180. The van der Waals surface area contributed by atoms with Gasteiger partial charge in [0.25, 0.3) is 0 Å².